The molecular weight excluding hydrogens is 372 g/mol. The molecule has 0 fully saturated rings. The van der Waals surface area contributed by atoms with Crippen molar-refractivity contribution in [2.75, 3.05) is 0 Å². The molecule has 19 heavy (non-hydrogen) atoms. The van der Waals surface area contributed by atoms with Crippen LogP contribution in [0.3, 0.4) is 0 Å². The molecular formula is C13H16Br2N4. The van der Waals surface area contributed by atoms with Crippen LogP contribution in [0.5, 0.6) is 0 Å². The van der Waals surface area contributed by atoms with Crippen LogP contribution in [0.15, 0.2) is 27.4 Å². The van der Waals surface area contributed by atoms with Crippen LogP contribution in [0, 0.1) is 6.92 Å². The molecule has 2 aromatic rings. The van der Waals surface area contributed by atoms with Crippen molar-refractivity contribution < 1.29 is 0 Å². The second kappa shape index (κ2) is 6.15. The second-order valence-corrected chi connectivity index (χ2v) is 6.26. The molecule has 102 valence electrons. The van der Waals surface area contributed by atoms with Crippen molar-refractivity contribution in [3.05, 3.63) is 44.4 Å². The van der Waals surface area contributed by atoms with Gasteiger partial charge in [-0.25, -0.2) is 0 Å². The van der Waals surface area contributed by atoms with Crippen LogP contribution in [-0.2, 0) is 13.6 Å². The molecule has 1 unspecified atom stereocenters. The maximum atomic E-state index is 4.39. The molecule has 0 aromatic carbocycles. The lowest BCUT2D eigenvalue weighted by atomic mass is 10.1. The highest BCUT2D eigenvalue weighted by Gasteiger charge is 2.12. The fourth-order valence-electron chi connectivity index (χ4n) is 1.87. The summed E-state index contributed by atoms with van der Waals surface area (Å²) in [6.07, 6.45) is 3.72. The third-order valence-electron chi connectivity index (χ3n) is 3.20. The zero-order valence-corrected chi connectivity index (χ0v) is 14.3. The van der Waals surface area contributed by atoms with Gasteiger partial charge in [-0.1, -0.05) is 0 Å². The molecule has 4 nitrogen and oxygen atoms in total. The Morgan fingerprint density at radius 1 is 1.37 bits per heavy atom. The molecule has 2 aromatic heterocycles. The van der Waals surface area contributed by atoms with E-state index in [9.17, 15) is 0 Å². The van der Waals surface area contributed by atoms with E-state index in [1.807, 2.05) is 30.2 Å². The number of aromatic nitrogens is 3. The summed E-state index contributed by atoms with van der Waals surface area (Å²) in [5.74, 6) is 0. The maximum absolute atomic E-state index is 4.39. The number of nitrogens with one attached hydrogen (secondary N) is 1. The topological polar surface area (TPSA) is 42.7 Å². The van der Waals surface area contributed by atoms with Gasteiger partial charge in [0.2, 0.25) is 0 Å². The van der Waals surface area contributed by atoms with E-state index in [4.69, 9.17) is 0 Å². The molecule has 1 N–H and O–H groups in total. The molecule has 0 aliphatic rings. The highest BCUT2D eigenvalue weighted by atomic mass is 79.9. The molecule has 0 spiro atoms. The van der Waals surface area contributed by atoms with Crippen LogP contribution in [-0.4, -0.2) is 14.8 Å². The summed E-state index contributed by atoms with van der Waals surface area (Å²) in [6.45, 7) is 4.93. The van der Waals surface area contributed by atoms with E-state index in [1.165, 1.54) is 11.3 Å². The zero-order valence-electron chi connectivity index (χ0n) is 11.1. The second-order valence-electron chi connectivity index (χ2n) is 4.49. The minimum Gasteiger partial charge on any atom is -0.304 e. The summed E-state index contributed by atoms with van der Waals surface area (Å²) in [6, 6.07) is 2.25. The van der Waals surface area contributed by atoms with E-state index in [0.717, 1.165) is 14.6 Å². The van der Waals surface area contributed by atoms with Crippen LogP contribution in [0.4, 0.5) is 0 Å². The zero-order chi connectivity index (χ0) is 14.0. The minimum atomic E-state index is 0.242. The first kappa shape index (κ1) is 14.7. The van der Waals surface area contributed by atoms with E-state index in [1.54, 1.807) is 0 Å². The Hall–Kier alpha value is -0.720. The average molecular weight is 388 g/mol. The van der Waals surface area contributed by atoms with Crippen LogP contribution >= 0.6 is 31.9 Å². The van der Waals surface area contributed by atoms with E-state index in [-0.39, 0.29) is 6.04 Å². The standard InChI is InChI=1S/C13H16Br2N4/c1-8(11-6-18-19(3)9(11)2)16-7-13-12(15)4-10(14)5-17-13/h4-6,8,16H,7H2,1-3H3. The van der Waals surface area contributed by atoms with Gasteiger partial charge in [-0.05, 0) is 51.8 Å². The molecule has 0 amide bonds. The number of halogens is 2. The Balaban J connectivity index is 2.04. The molecule has 2 rings (SSSR count). The minimum absolute atomic E-state index is 0.242. The lowest BCUT2D eigenvalue weighted by Gasteiger charge is -2.14. The van der Waals surface area contributed by atoms with Crippen LogP contribution in [0.25, 0.3) is 0 Å². The Morgan fingerprint density at radius 2 is 2.11 bits per heavy atom. The Kier molecular flexibility index (Phi) is 4.76. The average Bonchev–Trinajstić information content (AvgIpc) is 2.69. The van der Waals surface area contributed by atoms with Gasteiger partial charge in [-0.15, -0.1) is 0 Å². The van der Waals surface area contributed by atoms with Crippen molar-refractivity contribution in [2.45, 2.75) is 26.4 Å². The Labute approximate surface area is 129 Å². The molecule has 0 bridgehead atoms. The number of rotatable bonds is 4. The van der Waals surface area contributed by atoms with Crippen molar-refractivity contribution in [3.8, 4) is 0 Å². The Bertz CT molecular complexity index is 580. The molecule has 0 radical (unpaired) electrons. The van der Waals surface area contributed by atoms with Gasteiger partial charge in [-0.3, -0.25) is 9.67 Å². The summed E-state index contributed by atoms with van der Waals surface area (Å²) in [4.78, 5) is 4.39. The van der Waals surface area contributed by atoms with Crippen LogP contribution < -0.4 is 5.32 Å². The maximum Gasteiger partial charge on any atom is 0.0684 e. The van der Waals surface area contributed by atoms with Gasteiger partial charge < -0.3 is 5.32 Å². The highest BCUT2D eigenvalue weighted by molar-refractivity contribution is 9.11. The number of nitrogens with zero attached hydrogens (tertiary/aromatic N) is 3. The fraction of sp³-hybridized carbons (Fsp3) is 0.385. The lowest BCUT2D eigenvalue weighted by Crippen LogP contribution is -2.19. The number of hydrogen-bond donors (Lipinski definition) is 1. The fourth-order valence-corrected chi connectivity index (χ4v) is 3.00. The van der Waals surface area contributed by atoms with Crippen molar-refractivity contribution in [2.24, 2.45) is 7.05 Å². The molecule has 0 saturated heterocycles. The quantitative estimate of drug-likeness (QED) is 0.872. The van der Waals surface area contributed by atoms with Crippen molar-refractivity contribution in [1.29, 1.82) is 0 Å². The monoisotopic (exact) mass is 386 g/mol. The van der Waals surface area contributed by atoms with Gasteiger partial charge in [0.1, 0.15) is 0 Å². The van der Waals surface area contributed by atoms with Gasteiger partial charge in [0, 0.05) is 46.0 Å². The van der Waals surface area contributed by atoms with Gasteiger partial charge in [-0.2, -0.15) is 5.10 Å². The van der Waals surface area contributed by atoms with Crippen LogP contribution in [0.1, 0.15) is 29.9 Å². The first-order valence-corrected chi connectivity index (χ1v) is 7.59. The van der Waals surface area contributed by atoms with Gasteiger partial charge >= 0.3 is 0 Å². The summed E-state index contributed by atoms with van der Waals surface area (Å²) in [7, 11) is 1.96. The first-order valence-electron chi connectivity index (χ1n) is 6.01. The normalized spacial score (nSPS) is 12.7. The predicted octanol–water partition coefficient (Wildman–Crippen LogP) is 3.50. The SMILES string of the molecule is Cc1c(C(C)NCc2ncc(Br)cc2Br)cnn1C. The lowest BCUT2D eigenvalue weighted by molar-refractivity contribution is 0.562. The van der Waals surface area contributed by atoms with Gasteiger partial charge in [0.25, 0.3) is 0 Å². The predicted molar refractivity (Wildman–Crippen MR) is 82.8 cm³/mol. The third kappa shape index (κ3) is 3.43. The summed E-state index contributed by atoms with van der Waals surface area (Å²) in [5.41, 5.74) is 3.40. The van der Waals surface area contributed by atoms with Crippen molar-refractivity contribution >= 4 is 31.9 Å². The molecule has 6 heteroatoms. The van der Waals surface area contributed by atoms with Gasteiger partial charge in [0.05, 0.1) is 11.9 Å². The van der Waals surface area contributed by atoms with E-state index < -0.39 is 0 Å². The molecule has 2 heterocycles. The smallest absolute Gasteiger partial charge is 0.0684 e. The van der Waals surface area contributed by atoms with Crippen LogP contribution in [0.2, 0.25) is 0 Å². The van der Waals surface area contributed by atoms with E-state index in [2.05, 4.69) is 61.1 Å². The van der Waals surface area contributed by atoms with E-state index in [0.29, 0.717) is 6.54 Å². The highest BCUT2D eigenvalue weighted by Crippen LogP contribution is 2.21. The Morgan fingerprint density at radius 3 is 2.68 bits per heavy atom. The van der Waals surface area contributed by atoms with Crippen molar-refractivity contribution in [1.82, 2.24) is 20.1 Å². The summed E-state index contributed by atoms with van der Waals surface area (Å²) < 4.78 is 3.87. The molecule has 1 atom stereocenters. The third-order valence-corrected chi connectivity index (χ3v) is 4.32. The molecule has 0 saturated carbocycles. The summed E-state index contributed by atoms with van der Waals surface area (Å²) in [5, 5.41) is 7.74. The molecule has 0 aliphatic heterocycles. The largest absolute Gasteiger partial charge is 0.304 e. The number of aryl methyl sites for hydroxylation is 1. The number of pyridine rings is 1. The summed E-state index contributed by atoms with van der Waals surface area (Å²) >= 11 is 6.92. The number of hydrogen-bond acceptors (Lipinski definition) is 3. The van der Waals surface area contributed by atoms with Crippen molar-refractivity contribution in [3.63, 3.8) is 0 Å². The van der Waals surface area contributed by atoms with E-state index >= 15 is 0 Å². The van der Waals surface area contributed by atoms with Gasteiger partial charge in [0.15, 0.2) is 0 Å². The first-order chi connectivity index (χ1) is 8.99. The molecule has 0 aliphatic carbocycles.